The van der Waals surface area contributed by atoms with E-state index in [1.807, 2.05) is 24.3 Å². The monoisotopic (exact) mass is 418 g/mol. The van der Waals surface area contributed by atoms with Gasteiger partial charge in [-0.25, -0.2) is 9.97 Å². The first-order valence-electron chi connectivity index (χ1n) is 10.5. The van der Waals surface area contributed by atoms with Gasteiger partial charge in [-0.2, -0.15) is 0 Å². The summed E-state index contributed by atoms with van der Waals surface area (Å²) >= 11 is 0. The van der Waals surface area contributed by atoms with E-state index >= 15 is 0 Å². The van der Waals surface area contributed by atoms with Gasteiger partial charge in [0.2, 0.25) is 5.95 Å². The number of fused-ring (bicyclic) bond motifs is 2. The van der Waals surface area contributed by atoms with Gasteiger partial charge in [-0.05, 0) is 41.7 Å². The van der Waals surface area contributed by atoms with Gasteiger partial charge >= 0.3 is 5.97 Å². The van der Waals surface area contributed by atoms with E-state index in [9.17, 15) is 9.59 Å². The molecule has 0 aliphatic carbocycles. The Kier molecular flexibility index (Phi) is 5.84. The van der Waals surface area contributed by atoms with Gasteiger partial charge in [-0.15, -0.1) is 0 Å². The number of hydrogen-bond donors (Lipinski definition) is 1. The lowest BCUT2D eigenvalue weighted by Gasteiger charge is -2.16. The van der Waals surface area contributed by atoms with Crippen molar-refractivity contribution < 1.29 is 14.3 Å². The molecule has 0 unspecified atom stereocenters. The van der Waals surface area contributed by atoms with Crippen LogP contribution in [0.1, 0.15) is 54.7 Å². The lowest BCUT2D eigenvalue weighted by molar-refractivity contribution is -0.134. The van der Waals surface area contributed by atoms with Crippen LogP contribution in [0.3, 0.4) is 0 Å². The third-order valence-corrected chi connectivity index (χ3v) is 5.41. The van der Waals surface area contributed by atoms with E-state index in [0.29, 0.717) is 42.1 Å². The molecular weight excluding hydrogens is 392 g/mol. The second kappa shape index (κ2) is 8.71. The van der Waals surface area contributed by atoms with Crippen LogP contribution in [-0.2, 0) is 17.9 Å². The molecule has 7 heteroatoms. The Balaban J connectivity index is 1.57. The Bertz CT molecular complexity index is 1120. The van der Waals surface area contributed by atoms with Crippen molar-refractivity contribution in [1.29, 1.82) is 0 Å². The van der Waals surface area contributed by atoms with E-state index in [4.69, 9.17) is 10.5 Å². The number of benzene rings is 2. The summed E-state index contributed by atoms with van der Waals surface area (Å²) in [5, 5.41) is 0.516. The van der Waals surface area contributed by atoms with Gasteiger partial charge in [0.15, 0.2) is 0 Å². The minimum atomic E-state index is -0.292. The summed E-state index contributed by atoms with van der Waals surface area (Å²) in [6.45, 7) is 5.28. The Labute approximate surface area is 181 Å². The van der Waals surface area contributed by atoms with Crippen LogP contribution in [0.2, 0.25) is 0 Å². The molecule has 0 saturated carbocycles. The summed E-state index contributed by atoms with van der Waals surface area (Å²) in [5.74, 6) is 0.427. The van der Waals surface area contributed by atoms with Crippen LogP contribution in [0.25, 0.3) is 10.9 Å². The molecule has 4 rings (SSSR count). The van der Waals surface area contributed by atoms with Crippen molar-refractivity contribution in [2.75, 3.05) is 5.73 Å². The van der Waals surface area contributed by atoms with E-state index < -0.39 is 0 Å². The number of nitrogens with zero attached hydrogens (tertiary/aromatic N) is 3. The second-order valence-electron chi connectivity index (χ2n) is 8.30. The van der Waals surface area contributed by atoms with Crippen LogP contribution in [0.15, 0.2) is 42.5 Å². The maximum atomic E-state index is 13.3. The molecule has 0 spiro atoms. The molecule has 0 atom stereocenters. The number of nitrogens with two attached hydrogens (primary N) is 1. The Hall–Kier alpha value is -3.48. The number of carbonyl (C=O) groups excluding carboxylic acids is 2. The van der Waals surface area contributed by atoms with Gasteiger partial charge in [0.1, 0.15) is 11.4 Å². The first kappa shape index (κ1) is 20.8. The molecule has 2 aromatic carbocycles. The highest BCUT2D eigenvalue weighted by molar-refractivity contribution is 6.05. The molecule has 0 saturated heterocycles. The first-order chi connectivity index (χ1) is 14.9. The zero-order valence-electron chi connectivity index (χ0n) is 17.8. The van der Waals surface area contributed by atoms with Gasteiger partial charge in [0.05, 0.1) is 5.52 Å². The predicted octanol–water partition coefficient (Wildman–Crippen LogP) is 4.10. The van der Waals surface area contributed by atoms with Crippen LogP contribution >= 0.6 is 0 Å². The average Bonchev–Trinajstić information content (AvgIpc) is 3.17. The van der Waals surface area contributed by atoms with Crippen molar-refractivity contribution in [2.24, 2.45) is 5.92 Å². The highest BCUT2D eigenvalue weighted by atomic mass is 16.5. The Morgan fingerprint density at radius 1 is 1.10 bits per heavy atom. The van der Waals surface area contributed by atoms with Crippen LogP contribution < -0.4 is 10.5 Å². The van der Waals surface area contributed by atoms with Crippen LogP contribution in [-0.4, -0.2) is 26.7 Å². The molecule has 3 aromatic rings. The Morgan fingerprint density at radius 2 is 1.81 bits per heavy atom. The minimum absolute atomic E-state index is 0.0333. The van der Waals surface area contributed by atoms with E-state index in [2.05, 4.69) is 23.8 Å². The van der Waals surface area contributed by atoms with Crippen molar-refractivity contribution in [3.8, 4) is 5.75 Å². The summed E-state index contributed by atoms with van der Waals surface area (Å²) in [4.78, 5) is 35.7. The molecule has 160 valence electrons. The quantitative estimate of drug-likeness (QED) is 0.478. The van der Waals surface area contributed by atoms with E-state index in [0.717, 1.165) is 24.0 Å². The fourth-order valence-corrected chi connectivity index (χ4v) is 3.82. The zero-order valence-corrected chi connectivity index (χ0v) is 17.8. The largest absolute Gasteiger partial charge is 0.427 e. The molecule has 1 aliphatic rings. The third-order valence-electron chi connectivity index (χ3n) is 5.41. The normalized spacial score (nSPS) is 12.9. The smallest absolute Gasteiger partial charge is 0.311 e. The number of rotatable bonds is 6. The topological polar surface area (TPSA) is 98.4 Å². The molecule has 0 bridgehead atoms. The number of nitrogen functional groups attached to an aromatic ring is 1. The van der Waals surface area contributed by atoms with E-state index in [1.54, 1.807) is 23.1 Å². The minimum Gasteiger partial charge on any atom is -0.427 e. The van der Waals surface area contributed by atoms with Gasteiger partial charge in [-0.1, -0.05) is 44.5 Å². The number of hydrogen-bond acceptors (Lipinski definition) is 6. The molecule has 2 heterocycles. The summed E-state index contributed by atoms with van der Waals surface area (Å²) in [7, 11) is 0. The maximum Gasteiger partial charge on any atom is 0.311 e. The molecule has 1 aromatic heterocycles. The number of amides is 1. The van der Waals surface area contributed by atoms with Gasteiger partial charge < -0.3 is 15.4 Å². The third kappa shape index (κ3) is 4.66. The molecule has 0 radical (unpaired) electrons. The fraction of sp³-hybridized carbons (Fsp3) is 0.333. The van der Waals surface area contributed by atoms with E-state index in [1.165, 1.54) is 0 Å². The van der Waals surface area contributed by atoms with Gasteiger partial charge in [-0.3, -0.25) is 9.59 Å². The fourth-order valence-electron chi connectivity index (χ4n) is 3.82. The van der Waals surface area contributed by atoms with Gasteiger partial charge in [0, 0.05) is 24.9 Å². The Morgan fingerprint density at radius 3 is 2.48 bits per heavy atom. The molecule has 7 nitrogen and oxygen atoms in total. The number of aromatic nitrogens is 2. The molecule has 2 N–H and O–H groups in total. The standard InChI is InChI=1S/C24H26N4O3/c1-15(2)6-5-9-21(29)31-18-10-11-20-19(12-18)22(27-24(25)26-20)23(30)28-13-16-7-3-4-8-17(16)14-28/h3-4,7-8,10-12,15H,5-6,9,13-14H2,1-2H3,(H2,25,26,27). The van der Waals surface area contributed by atoms with Crippen molar-refractivity contribution in [3.05, 3.63) is 59.3 Å². The van der Waals surface area contributed by atoms with E-state index in [-0.39, 0.29) is 23.5 Å². The van der Waals surface area contributed by atoms with Gasteiger partial charge in [0.25, 0.3) is 5.91 Å². The highest BCUT2D eigenvalue weighted by Crippen LogP contribution is 2.28. The number of anilines is 1. The van der Waals surface area contributed by atoms with Crippen molar-refractivity contribution >= 4 is 28.7 Å². The summed E-state index contributed by atoms with van der Waals surface area (Å²) in [5.41, 5.74) is 8.86. The molecule has 0 fully saturated rings. The SMILES string of the molecule is CC(C)CCCC(=O)Oc1ccc2nc(N)nc(C(=O)N3Cc4ccccc4C3)c2c1. The number of carbonyl (C=O) groups is 2. The number of esters is 1. The summed E-state index contributed by atoms with van der Waals surface area (Å²) in [6, 6.07) is 13.0. The van der Waals surface area contributed by atoms with Crippen molar-refractivity contribution in [1.82, 2.24) is 14.9 Å². The predicted molar refractivity (Wildman–Crippen MR) is 118 cm³/mol. The van der Waals surface area contributed by atoms with Crippen LogP contribution in [0.5, 0.6) is 5.75 Å². The molecular formula is C24H26N4O3. The van der Waals surface area contributed by atoms with Crippen LogP contribution in [0, 0.1) is 5.92 Å². The summed E-state index contributed by atoms with van der Waals surface area (Å²) in [6.07, 6.45) is 2.10. The molecule has 1 aliphatic heterocycles. The maximum absolute atomic E-state index is 13.3. The average molecular weight is 418 g/mol. The summed E-state index contributed by atoms with van der Waals surface area (Å²) < 4.78 is 5.49. The lowest BCUT2D eigenvalue weighted by atomic mass is 10.1. The highest BCUT2D eigenvalue weighted by Gasteiger charge is 2.27. The first-order valence-corrected chi connectivity index (χ1v) is 10.5. The van der Waals surface area contributed by atoms with Crippen LogP contribution in [0.4, 0.5) is 5.95 Å². The van der Waals surface area contributed by atoms with Crippen molar-refractivity contribution in [2.45, 2.75) is 46.2 Å². The zero-order chi connectivity index (χ0) is 22.0. The molecule has 31 heavy (non-hydrogen) atoms. The lowest BCUT2D eigenvalue weighted by Crippen LogP contribution is -2.27. The number of ether oxygens (including phenoxy) is 1. The van der Waals surface area contributed by atoms with Crippen molar-refractivity contribution in [3.63, 3.8) is 0 Å². The molecule has 1 amide bonds. The second-order valence-corrected chi connectivity index (χ2v) is 8.30.